The summed E-state index contributed by atoms with van der Waals surface area (Å²) in [6.45, 7) is 7.13. The van der Waals surface area contributed by atoms with Crippen LogP contribution in [0.4, 0.5) is 5.82 Å². The van der Waals surface area contributed by atoms with Crippen molar-refractivity contribution in [1.29, 1.82) is 0 Å². The van der Waals surface area contributed by atoms with Gasteiger partial charge in [-0.25, -0.2) is 0 Å². The monoisotopic (exact) mass is 264 g/mol. The highest BCUT2D eigenvalue weighted by atomic mass is 16.5. The maximum Gasteiger partial charge on any atom is 0.226 e. The zero-order valence-corrected chi connectivity index (χ0v) is 11.2. The molecule has 0 saturated carbocycles. The van der Waals surface area contributed by atoms with Crippen molar-refractivity contribution in [1.82, 2.24) is 15.4 Å². The Labute approximate surface area is 112 Å². The van der Waals surface area contributed by atoms with E-state index in [0.717, 1.165) is 44.6 Å². The molecule has 2 aliphatic rings. The van der Waals surface area contributed by atoms with Gasteiger partial charge in [0.1, 0.15) is 5.76 Å². The SMILES string of the molecule is Cc1cc(NC(=O)CCN2C[C@H]3CNC[C@H]3C2)no1. The molecule has 6 nitrogen and oxygen atoms in total. The molecule has 6 heteroatoms. The molecule has 0 aromatic carbocycles. The Bertz CT molecular complexity index is 447. The van der Waals surface area contributed by atoms with Gasteiger partial charge in [0.25, 0.3) is 0 Å². The van der Waals surface area contributed by atoms with Gasteiger partial charge in [-0.3, -0.25) is 4.79 Å². The number of hydrogen-bond donors (Lipinski definition) is 2. The fraction of sp³-hybridized carbons (Fsp3) is 0.692. The number of carbonyl (C=O) groups excluding carboxylic acids is 1. The van der Waals surface area contributed by atoms with E-state index in [1.54, 1.807) is 13.0 Å². The number of fused-ring (bicyclic) bond motifs is 1. The lowest BCUT2D eigenvalue weighted by atomic mass is 10.0. The van der Waals surface area contributed by atoms with Crippen LogP contribution in [0.15, 0.2) is 10.6 Å². The summed E-state index contributed by atoms with van der Waals surface area (Å²) in [5.74, 6) is 2.77. The Morgan fingerprint density at radius 1 is 1.53 bits per heavy atom. The van der Waals surface area contributed by atoms with Gasteiger partial charge in [-0.15, -0.1) is 0 Å². The van der Waals surface area contributed by atoms with Gasteiger partial charge in [-0.1, -0.05) is 5.16 Å². The topological polar surface area (TPSA) is 70.4 Å². The van der Waals surface area contributed by atoms with E-state index in [1.807, 2.05) is 0 Å². The first kappa shape index (κ1) is 12.6. The minimum atomic E-state index is 0.00323. The molecule has 0 spiro atoms. The van der Waals surface area contributed by atoms with Gasteiger partial charge in [0, 0.05) is 32.1 Å². The summed E-state index contributed by atoms with van der Waals surface area (Å²) >= 11 is 0. The number of anilines is 1. The largest absolute Gasteiger partial charge is 0.360 e. The lowest BCUT2D eigenvalue weighted by Gasteiger charge is -2.16. The van der Waals surface area contributed by atoms with Crippen LogP contribution in [0.3, 0.4) is 0 Å². The molecule has 0 unspecified atom stereocenters. The summed E-state index contributed by atoms with van der Waals surface area (Å²) in [5.41, 5.74) is 0. The third-order valence-electron chi connectivity index (χ3n) is 4.02. The van der Waals surface area contributed by atoms with Gasteiger partial charge < -0.3 is 20.1 Å². The van der Waals surface area contributed by atoms with Crippen LogP contribution in [-0.2, 0) is 4.79 Å². The number of aromatic nitrogens is 1. The molecule has 1 amide bonds. The summed E-state index contributed by atoms with van der Waals surface area (Å²) in [7, 11) is 0. The molecule has 3 rings (SSSR count). The number of nitrogens with one attached hydrogen (secondary N) is 2. The average molecular weight is 264 g/mol. The zero-order chi connectivity index (χ0) is 13.2. The summed E-state index contributed by atoms with van der Waals surface area (Å²) in [5, 5.41) is 9.93. The van der Waals surface area contributed by atoms with Crippen LogP contribution >= 0.6 is 0 Å². The van der Waals surface area contributed by atoms with E-state index in [1.165, 1.54) is 0 Å². The lowest BCUT2D eigenvalue weighted by molar-refractivity contribution is -0.116. The van der Waals surface area contributed by atoms with Gasteiger partial charge >= 0.3 is 0 Å². The second-order valence-corrected chi connectivity index (χ2v) is 5.56. The molecule has 1 aromatic rings. The number of carbonyl (C=O) groups is 1. The molecule has 0 bridgehead atoms. The number of rotatable bonds is 4. The molecule has 2 N–H and O–H groups in total. The Morgan fingerprint density at radius 2 is 2.26 bits per heavy atom. The van der Waals surface area contributed by atoms with Gasteiger partial charge in [-0.05, 0) is 31.8 Å². The molecular formula is C13H20N4O2. The highest BCUT2D eigenvalue weighted by molar-refractivity contribution is 5.89. The van der Waals surface area contributed by atoms with Crippen LogP contribution in [0, 0.1) is 18.8 Å². The highest BCUT2D eigenvalue weighted by Crippen LogP contribution is 2.26. The lowest BCUT2D eigenvalue weighted by Crippen LogP contribution is -2.29. The van der Waals surface area contributed by atoms with E-state index in [2.05, 4.69) is 20.7 Å². The molecule has 19 heavy (non-hydrogen) atoms. The van der Waals surface area contributed by atoms with Crippen molar-refractivity contribution in [3.8, 4) is 0 Å². The number of amides is 1. The van der Waals surface area contributed by atoms with Crippen LogP contribution in [0.1, 0.15) is 12.2 Å². The summed E-state index contributed by atoms with van der Waals surface area (Å²) < 4.78 is 4.91. The van der Waals surface area contributed by atoms with E-state index in [9.17, 15) is 4.79 Å². The first-order valence-corrected chi connectivity index (χ1v) is 6.87. The zero-order valence-electron chi connectivity index (χ0n) is 11.2. The maximum absolute atomic E-state index is 11.8. The molecule has 2 fully saturated rings. The fourth-order valence-corrected chi connectivity index (χ4v) is 3.03. The van der Waals surface area contributed by atoms with Crippen molar-refractivity contribution >= 4 is 11.7 Å². The molecule has 2 aliphatic heterocycles. The van der Waals surface area contributed by atoms with E-state index in [4.69, 9.17) is 4.52 Å². The number of hydrogen-bond acceptors (Lipinski definition) is 5. The molecule has 2 atom stereocenters. The van der Waals surface area contributed by atoms with Crippen molar-refractivity contribution in [3.05, 3.63) is 11.8 Å². The quantitative estimate of drug-likeness (QED) is 0.827. The van der Waals surface area contributed by atoms with Crippen molar-refractivity contribution in [3.63, 3.8) is 0 Å². The minimum absolute atomic E-state index is 0.00323. The van der Waals surface area contributed by atoms with E-state index in [0.29, 0.717) is 18.0 Å². The highest BCUT2D eigenvalue weighted by Gasteiger charge is 2.35. The van der Waals surface area contributed by atoms with E-state index >= 15 is 0 Å². The minimum Gasteiger partial charge on any atom is -0.360 e. The standard InChI is InChI=1S/C13H20N4O2/c1-9-4-12(16-19-9)15-13(18)2-3-17-7-10-5-14-6-11(10)8-17/h4,10-11,14H,2-3,5-8H2,1H3,(H,15,16,18)/t10-,11+. The molecule has 2 saturated heterocycles. The summed E-state index contributed by atoms with van der Waals surface area (Å²) in [6, 6.07) is 1.73. The van der Waals surface area contributed by atoms with Crippen molar-refractivity contribution in [2.24, 2.45) is 11.8 Å². The third kappa shape index (κ3) is 2.96. The maximum atomic E-state index is 11.8. The fourth-order valence-electron chi connectivity index (χ4n) is 3.03. The summed E-state index contributed by atoms with van der Waals surface area (Å²) in [6.07, 6.45) is 0.513. The Morgan fingerprint density at radius 3 is 2.89 bits per heavy atom. The van der Waals surface area contributed by atoms with Crippen LogP contribution in [0.2, 0.25) is 0 Å². The average Bonchev–Trinajstić information content (AvgIpc) is 3.02. The van der Waals surface area contributed by atoms with Crippen molar-refractivity contribution in [2.45, 2.75) is 13.3 Å². The molecule has 0 aliphatic carbocycles. The van der Waals surface area contributed by atoms with E-state index < -0.39 is 0 Å². The summed E-state index contributed by atoms with van der Waals surface area (Å²) in [4.78, 5) is 14.2. The molecular weight excluding hydrogens is 244 g/mol. The van der Waals surface area contributed by atoms with Crippen molar-refractivity contribution in [2.75, 3.05) is 38.0 Å². The molecule has 0 radical (unpaired) electrons. The van der Waals surface area contributed by atoms with Gasteiger partial charge in [0.05, 0.1) is 0 Å². The second-order valence-electron chi connectivity index (χ2n) is 5.56. The van der Waals surface area contributed by atoms with Crippen LogP contribution in [0.5, 0.6) is 0 Å². The van der Waals surface area contributed by atoms with Crippen LogP contribution < -0.4 is 10.6 Å². The Kier molecular flexibility index (Phi) is 3.52. The number of likely N-dealkylation sites (tertiary alicyclic amines) is 1. The molecule has 3 heterocycles. The van der Waals surface area contributed by atoms with Gasteiger partial charge in [0.15, 0.2) is 5.82 Å². The second kappa shape index (κ2) is 5.30. The number of aryl methyl sites for hydroxylation is 1. The predicted octanol–water partition coefficient (Wildman–Crippen LogP) is 0.463. The molecule has 1 aromatic heterocycles. The van der Waals surface area contributed by atoms with Crippen LogP contribution in [-0.4, -0.2) is 48.7 Å². The van der Waals surface area contributed by atoms with E-state index in [-0.39, 0.29) is 5.91 Å². The van der Waals surface area contributed by atoms with Crippen molar-refractivity contribution < 1.29 is 9.32 Å². The normalized spacial score (nSPS) is 26.6. The third-order valence-corrected chi connectivity index (χ3v) is 4.02. The Balaban J connectivity index is 1.41. The predicted molar refractivity (Wildman–Crippen MR) is 70.8 cm³/mol. The van der Waals surface area contributed by atoms with Gasteiger partial charge in [-0.2, -0.15) is 0 Å². The van der Waals surface area contributed by atoms with Gasteiger partial charge in [0.2, 0.25) is 5.91 Å². The first-order chi connectivity index (χ1) is 9.20. The van der Waals surface area contributed by atoms with Crippen LogP contribution in [0.25, 0.3) is 0 Å². The first-order valence-electron chi connectivity index (χ1n) is 6.87. The Hall–Kier alpha value is -1.40. The number of nitrogens with zero attached hydrogens (tertiary/aromatic N) is 2. The molecule has 104 valence electrons. The smallest absolute Gasteiger partial charge is 0.226 e.